The highest BCUT2D eigenvalue weighted by molar-refractivity contribution is 5.76. The van der Waals surface area contributed by atoms with Crippen molar-refractivity contribution in [2.24, 2.45) is 5.92 Å². The Hall–Kier alpha value is -2.18. The Bertz CT molecular complexity index is 824. The number of oxazole rings is 1. The first-order valence-corrected chi connectivity index (χ1v) is 10.3. The standard InChI is InChI=1S/C23H31NO5/c1-15-8-10-18(11-9-15)21-24-20(16(2)29-21)14-27-19-7-5-6-17(12-19)13-28-23(3,4)22(25)26/h8-11,17,19H,5-7,12-14H2,1-4H3,(H,25,26)/t17-,19+/m1/s1. The van der Waals surface area contributed by atoms with Gasteiger partial charge in [0, 0.05) is 5.56 Å². The highest BCUT2D eigenvalue weighted by Crippen LogP contribution is 2.29. The summed E-state index contributed by atoms with van der Waals surface area (Å²) in [6.45, 7) is 8.00. The van der Waals surface area contributed by atoms with Crippen molar-refractivity contribution in [3.8, 4) is 11.5 Å². The van der Waals surface area contributed by atoms with E-state index in [9.17, 15) is 9.90 Å². The molecule has 0 radical (unpaired) electrons. The van der Waals surface area contributed by atoms with Crippen LogP contribution in [0.2, 0.25) is 0 Å². The molecule has 6 heteroatoms. The smallest absolute Gasteiger partial charge is 0.335 e. The van der Waals surface area contributed by atoms with Crippen molar-refractivity contribution in [1.29, 1.82) is 0 Å². The maximum atomic E-state index is 11.2. The number of ether oxygens (including phenoxy) is 2. The average Bonchev–Trinajstić information content (AvgIpc) is 3.06. The summed E-state index contributed by atoms with van der Waals surface area (Å²) in [5.74, 6) is 0.771. The molecule has 0 aliphatic heterocycles. The van der Waals surface area contributed by atoms with Crippen LogP contribution in [-0.4, -0.2) is 34.4 Å². The zero-order valence-corrected chi connectivity index (χ0v) is 17.7. The molecule has 1 N–H and O–H groups in total. The molecule has 0 amide bonds. The summed E-state index contributed by atoms with van der Waals surface area (Å²) in [5, 5.41) is 9.19. The normalized spacial score (nSPS) is 20.0. The van der Waals surface area contributed by atoms with Gasteiger partial charge >= 0.3 is 5.97 Å². The number of rotatable bonds is 8. The summed E-state index contributed by atoms with van der Waals surface area (Å²) in [7, 11) is 0. The summed E-state index contributed by atoms with van der Waals surface area (Å²) in [6.07, 6.45) is 4.09. The Balaban J connectivity index is 1.53. The third kappa shape index (κ3) is 5.67. The second-order valence-corrected chi connectivity index (χ2v) is 8.48. The van der Waals surface area contributed by atoms with E-state index in [1.54, 1.807) is 13.8 Å². The molecule has 1 heterocycles. The van der Waals surface area contributed by atoms with Gasteiger partial charge in [0.2, 0.25) is 5.89 Å². The van der Waals surface area contributed by atoms with Gasteiger partial charge in [-0.05, 0) is 65.0 Å². The van der Waals surface area contributed by atoms with Crippen LogP contribution >= 0.6 is 0 Å². The van der Waals surface area contributed by atoms with Gasteiger partial charge in [-0.25, -0.2) is 9.78 Å². The molecular formula is C23H31NO5. The van der Waals surface area contributed by atoms with Crippen LogP contribution in [0.5, 0.6) is 0 Å². The number of carboxylic acid groups (broad SMARTS) is 1. The first-order chi connectivity index (χ1) is 13.7. The molecule has 6 nitrogen and oxygen atoms in total. The summed E-state index contributed by atoms with van der Waals surface area (Å²) >= 11 is 0. The Morgan fingerprint density at radius 1 is 1.24 bits per heavy atom. The topological polar surface area (TPSA) is 81.8 Å². The van der Waals surface area contributed by atoms with Gasteiger partial charge in [-0.3, -0.25) is 0 Å². The third-order valence-electron chi connectivity index (χ3n) is 5.58. The maximum absolute atomic E-state index is 11.2. The van der Waals surface area contributed by atoms with Gasteiger partial charge in [-0.15, -0.1) is 0 Å². The molecule has 29 heavy (non-hydrogen) atoms. The Morgan fingerprint density at radius 3 is 2.66 bits per heavy atom. The summed E-state index contributed by atoms with van der Waals surface area (Å²) < 4.78 is 17.6. The highest BCUT2D eigenvalue weighted by Gasteiger charge is 2.31. The molecule has 1 aliphatic rings. The van der Waals surface area contributed by atoms with Crippen molar-refractivity contribution in [3.05, 3.63) is 41.3 Å². The minimum atomic E-state index is -1.15. The largest absolute Gasteiger partial charge is 0.479 e. The number of hydrogen-bond donors (Lipinski definition) is 1. The van der Waals surface area contributed by atoms with E-state index in [-0.39, 0.29) is 6.10 Å². The molecule has 1 aliphatic carbocycles. The number of nitrogens with zero attached hydrogens (tertiary/aromatic N) is 1. The van der Waals surface area contributed by atoms with Crippen LogP contribution in [-0.2, 0) is 20.9 Å². The molecule has 0 spiro atoms. The SMILES string of the molecule is Cc1ccc(-c2nc(CO[C@H]3CCC[C@@H](COC(C)(C)C(=O)O)C3)c(C)o2)cc1. The molecular weight excluding hydrogens is 370 g/mol. The van der Waals surface area contributed by atoms with Crippen molar-refractivity contribution in [2.45, 2.75) is 71.7 Å². The first kappa shape index (κ1) is 21.5. The zero-order valence-electron chi connectivity index (χ0n) is 17.7. The molecule has 158 valence electrons. The molecule has 1 aromatic heterocycles. The lowest BCUT2D eigenvalue weighted by molar-refractivity contribution is -0.163. The van der Waals surface area contributed by atoms with E-state index in [1.807, 2.05) is 31.2 Å². The Morgan fingerprint density at radius 2 is 1.97 bits per heavy atom. The predicted molar refractivity (Wildman–Crippen MR) is 110 cm³/mol. The molecule has 1 saturated carbocycles. The number of carboxylic acids is 1. The fraction of sp³-hybridized carbons (Fsp3) is 0.565. The molecule has 0 saturated heterocycles. The van der Waals surface area contributed by atoms with Gasteiger partial charge in [0.25, 0.3) is 0 Å². The van der Waals surface area contributed by atoms with Crippen molar-refractivity contribution in [1.82, 2.24) is 4.98 Å². The number of benzene rings is 1. The van der Waals surface area contributed by atoms with Crippen molar-refractivity contribution >= 4 is 5.97 Å². The minimum absolute atomic E-state index is 0.129. The van der Waals surface area contributed by atoms with Gasteiger partial charge < -0.3 is 19.0 Å². The molecule has 1 fully saturated rings. The van der Waals surface area contributed by atoms with Gasteiger partial charge in [-0.1, -0.05) is 24.1 Å². The van der Waals surface area contributed by atoms with Crippen LogP contribution in [0.15, 0.2) is 28.7 Å². The van der Waals surface area contributed by atoms with Crippen LogP contribution in [0, 0.1) is 19.8 Å². The summed E-state index contributed by atoms with van der Waals surface area (Å²) in [5.41, 5.74) is 1.83. The zero-order chi connectivity index (χ0) is 21.0. The molecule has 2 atom stereocenters. The van der Waals surface area contributed by atoms with Gasteiger partial charge in [0.1, 0.15) is 11.5 Å². The van der Waals surface area contributed by atoms with Crippen molar-refractivity contribution in [3.63, 3.8) is 0 Å². The number of aliphatic carboxylic acids is 1. The lowest BCUT2D eigenvalue weighted by Gasteiger charge is -2.31. The van der Waals surface area contributed by atoms with E-state index in [1.165, 1.54) is 5.56 Å². The first-order valence-electron chi connectivity index (χ1n) is 10.3. The number of hydrogen-bond acceptors (Lipinski definition) is 5. The third-order valence-corrected chi connectivity index (χ3v) is 5.58. The van der Waals surface area contributed by atoms with Crippen LogP contribution in [0.1, 0.15) is 56.5 Å². The van der Waals surface area contributed by atoms with Crippen molar-refractivity contribution in [2.75, 3.05) is 6.61 Å². The molecule has 3 rings (SSSR count). The second kappa shape index (κ2) is 9.09. The van der Waals surface area contributed by atoms with Crippen LogP contribution < -0.4 is 0 Å². The fourth-order valence-corrected chi connectivity index (χ4v) is 3.51. The van der Waals surface area contributed by atoms with E-state index in [0.717, 1.165) is 42.7 Å². The molecule has 1 aromatic carbocycles. The lowest BCUT2D eigenvalue weighted by atomic mass is 9.87. The molecule has 0 bridgehead atoms. The highest BCUT2D eigenvalue weighted by atomic mass is 16.5. The number of aromatic nitrogens is 1. The second-order valence-electron chi connectivity index (χ2n) is 8.48. The van der Waals surface area contributed by atoms with Crippen LogP contribution in [0.3, 0.4) is 0 Å². The van der Waals surface area contributed by atoms with E-state index in [4.69, 9.17) is 13.9 Å². The monoisotopic (exact) mass is 401 g/mol. The molecule has 2 aromatic rings. The number of carbonyl (C=O) groups is 1. The van der Waals surface area contributed by atoms with Gasteiger partial charge in [-0.2, -0.15) is 0 Å². The van der Waals surface area contributed by atoms with Gasteiger partial charge in [0.05, 0.1) is 19.3 Å². The summed E-state index contributed by atoms with van der Waals surface area (Å²) in [4.78, 5) is 15.8. The van der Waals surface area contributed by atoms with E-state index >= 15 is 0 Å². The minimum Gasteiger partial charge on any atom is -0.479 e. The van der Waals surface area contributed by atoms with Crippen LogP contribution in [0.4, 0.5) is 0 Å². The van der Waals surface area contributed by atoms with E-state index < -0.39 is 11.6 Å². The molecule has 0 unspecified atom stereocenters. The Labute approximate surface area is 172 Å². The summed E-state index contributed by atoms with van der Waals surface area (Å²) in [6, 6.07) is 8.10. The van der Waals surface area contributed by atoms with E-state index in [0.29, 0.717) is 25.0 Å². The van der Waals surface area contributed by atoms with E-state index in [2.05, 4.69) is 11.9 Å². The maximum Gasteiger partial charge on any atom is 0.335 e. The fourth-order valence-electron chi connectivity index (χ4n) is 3.51. The number of aryl methyl sites for hydroxylation is 2. The average molecular weight is 402 g/mol. The lowest BCUT2D eigenvalue weighted by Crippen LogP contribution is -2.37. The predicted octanol–water partition coefficient (Wildman–Crippen LogP) is 4.91. The van der Waals surface area contributed by atoms with Crippen molar-refractivity contribution < 1.29 is 23.8 Å². The quantitative estimate of drug-likeness (QED) is 0.676. The van der Waals surface area contributed by atoms with Gasteiger partial charge in [0.15, 0.2) is 5.60 Å². The Kier molecular flexibility index (Phi) is 6.75. The van der Waals surface area contributed by atoms with Crippen LogP contribution in [0.25, 0.3) is 11.5 Å².